The van der Waals surface area contributed by atoms with Gasteiger partial charge in [0.25, 0.3) is 0 Å². The predicted octanol–water partition coefficient (Wildman–Crippen LogP) is 1.60. The van der Waals surface area contributed by atoms with Gasteiger partial charge in [-0.1, -0.05) is 0 Å². The average molecular weight is 268 g/mol. The zero-order valence-corrected chi connectivity index (χ0v) is 11.0. The van der Waals surface area contributed by atoms with Gasteiger partial charge < -0.3 is 10.0 Å². The van der Waals surface area contributed by atoms with Gasteiger partial charge in [0.2, 0.25) is 5.91 Å². The molecule has 0 spiro atoms. The van der Waals surface area contributed by atoms with E-state index in [4.69, 9.17) is 5.11 Å². The van der Waals surface area contributed by atoms with E-state index < -0.39 is 5.97 Å². The smallest absolute Gasteiger partial charge is 0.306 e. The number of carboxylic acids is 1. The van der Waals surface area contributed by atoms with E-state index in [0.29, 0.717) is 25.8 Å². The van der Waals surface area contributed by atoms with Gasteiger partial charge in [0.05, 0.1) is 23.7 Å². The third-order valence-corrected chi connectivity index (χ3v) is 4.03. The summed E-state index contributed by atoms with van der Waals surface area (Å²) in [6.07, 6.45) is 1.75. The summed E-state index contributed by atoms with van der Waals surface area (Å²) in [7, 11) is 1.75. The Labute approximate surface area is 109 Å². The first-order valence-corrected chi connectivity index (χ1v) is 6.87. The second-order valence-electron chi connectivity index (χ2n) is 4.72. The molecule has 0 saturated heterocycles. The van der Waals surface area contributed by atoms with Crippen LogP contribution in [0.25, 0.3) is 0 Å². The molecule has 1 aliphatic carbocycles. The largest absolute Gasteiger partial charge is 0.481 e. The quantitative estimate of drug-likeness (QED) is 0.900. The maximum absolute atomic E-state index is 12.1. The number of aliphatic carboxylic acids is 1. The van der Waals surface area contributed by atoms with Gasteiger partial charge in [-0.3, -0.25) is 9.59 Å². The molecule has 1 N–H and O–H groups in total. The molecule has 1 amide bonds. The lowest BCUT2D eigenvalue weighted by molar-refractivity contribution is -0.141. The molecular weight excluding hydrogens is 252 g/mol. The molecule has 2 unspecified atom stereocenters. The van der Waals surface area contributed by atoms with E-state index in [1.54, 1.807) is 17.5 Å². The molecule has 1 heterocycles. The Bertz CT molecular complexity index is 433. The summed E-state index contributed by atoms with van der Waals surface area (Å²) in [5, 5.41) is 10.8. The lowest BCUT2D eigenvalue weighted by Crippen LogP contribution is -2.31. The summed E-state index contributed by atoms with van der Waals surface area (Å²) in [5.74, 6) is -1.25. The van der Waals surface area contributed by atoms with E-state index in [2.05, 4.69) is 4.98 Å². The van der Waals surface area contributed by atoms with Crippen LogP contribution in [0.1, 0.15) is 25.0 Å². The SMILES string of the molecule is CN(Cc1cscn1)C(=O)C1CCC(C(=O)O)C1. The number of rotatable bonds is 4. The van der Waals surface area contributed by atoms with Gasteiger partial charge in [-0.25, -0.2) is 4.98 Å². The third-order valence-electron chi connectivity index (χ3n) is 3.39. The molecule has 1 aromatic heterocycles. The molecule has 6 heteroatoms. The van der Waals surface area contributed by atoms with Crippen molar-refractivity contribution in [3.05, 3.63) is 16.6 Å². The molecule has 0 aliphatic heterocycles. The zero-order chi connectivity index (χ0) is 13.1. The number of aromatic nitrogens is 1. The molecule has 1 aliphatic rings. The van der Waals surface area contributed by atoms with Crippen LogP contribution < -0.4 is 0 Å². The van der Waals surface area contributed by atoms with E-state index in [-0.39, 0.29) is 17.7 Å². The first kappa shape index (κ1) is 13.0. The Morgan fingerprint density at radius 1 is 1.50 bits per heavy atom. The van der Waals surface area contributed by atoms with Gasteiger partial charge in [-0.15, -0.1) is 11.3 Å². The first-order chi connectivity index (χ1) is 8.58. The van der Waals surface area contributed by atoms with Crippen LogP contribution in [-0.2, 0) is 16.1 Å². The summed E-state index contributed by atoms with van der Waals surface area (Å²) in [5.41, 5.74) is 2.62. The Hall–Kier alpha value is -1.43. The molecule has 2 atom stereocenters. The second-order valence-corrected chi connectivity index (χ2v) is 5.44. The Morgan fingerprint density at radius 2 is 2.22 bits per heavy atom. The molecule has 0 radical (unpaired) electrons. The van der Waals surface area contributed by atoms with Crippen LogP contribution in [-0.4, -0.2) is 33.9 Å². The van der Waals surface area contributed by atoms with Crippen LogP contribution >= 0.6 is 11.3 Å². The van der Waals surface area contributed by atoms with Gasteiger partial charge >= 0.3 is 5.97 Å². The number of carboxylic acid groups (broad SMARTS) is 1. The summed E-state index contributed by atoms with van der Waals surface area (Å²) in [6, 6.07) is 0. The standard InChI is InChI=1S/C12H16N2O3S/c1-14(5-10-6-18-7-13-10)11(15)8-2-3-9(4-8)12(16)17/h6-9H,2-5H2,1H3,(H,16,17). The highest BCUT2D eigenvalue weighted by molar-refractivity contribution is 7.07. The topological polar surface area (TPSA) is 70.5 Å². The fraction of sp³-hybridized carbons (Fsp3) is 0.583. The van der Waals surface area contributed by atoms with E-state index in [9.17, 15) is 9.59 Å². The number of hydrogen-bond acceptors (Lipinski definition) is 4. The van der Waals surface area contributed by atoms with Crippen LogP contribution in [0, 0.1) is 11.8 Å². The van der Waals surface area contributed by atoms with Crippen molar-refractivity contribution < 1.29 is 14.7 Å². The van der Waals surface area contributed by atoms with E-state index in [0.717, 1.165) is 5.69 Å². The maximum atomic E-state index is 12.1. The van der Waals surface area contributed by atoms with Crippen LogP contribution in [0.3, 0.4) is 0 Å². The van der Waals surface area contributed by atoms with Crippen molar-refractivity contribution >= 4 is 23.2 Å². The third kappa shape index (κ3) is 2.87. The fourth-order valence-electron chi connectivity index (χ4n) is 2.38. The lowest BCUT2D eigenvalue weighted by Gasteiger charge is -2.20. The predicted molar refractivity (Wildman–Crippen MR) is 67.1 cm³/mol. The van der Waals surface area contributed by atoms with Crippen molar-refractivity contribution in [1.29, 1.82) is 0 Å². The number of nitrogens with zero attached hydrogens (tertiary/aromatic N) is 2. The molecule has 98 valence electrons. The molecule has 1 fully saturated rings. The number of amides is 1. The zero-order valence-electron chi connectivity index (χ0n) is 10.2. The van der Waals surface area contributed by atoms with E-state index >= 15 is 0 Å². The summed E-state index contributed by atoms with van der Waals surface area (Å²) in [6.45, 7) is 0.497. The maximum Gasteiger partial charge on any atom is 0.306 e. The monoisotopic (exact) mass is 268 g/mol. The minimum Gasteiger partial charge on any atom is -0.481 e. The van der Waals surface area contributed by atoms with Crippen molar-refractivity contribution in [2.75, 3.05) is 7.05 Å². The average Bonchev–Trinajstić information content (AvgIpc) is 2.98. The van der Waals surface area contributed by atoms with Gasteiger partial charge in [0, 0.05) is 18.3 Å². The van der Waals surface area contributed by atoms with Crippen LogP contribution in [0.15, 0.2) is 10.9 Å². The van der Waals surface area contributed by atoms with Crippen LogP contribution in [0.4, 0.5) is 0 Å². The number of carbonyl (C=O) groups excluding carboxylic acids is 1. The molecule has 2 rings (SSSR count). The summed E-state index contributed by atoms with van der Waals surface area (Å²) < 4.78 is 0. The molecule has 0 aromatic carbocycles. The van der Waals surface area contributed by atoms with Crippen LogP contribution in [0.2, 0.25) is 0 Å². The normalized spacial score (nSPS) is 22.9. The second kappa shape index (κ2) is 5.48. The minimum absolute atomic E-state index is 0.0340. The summed E-state index contributed by atoms with van der Waals surface area (Å²) >= 11 is 1.50. The van der Waals surface area contributed by atoms with E-state index in [1.165, 1.54) is 11.3 Å². The number of carbonyl (C=O) groups is 2. The fourth-order valence-corrected chi connectivity index (χ4v) is 2.93. The molecular formula is C12H16N2O3S. The van der Waals surface area contributed by atoms with Gasteiger partial charge in [0.15, 0.2) is 0 Å². The number of hydrogen-bond donors (Lipinski definition) is 1. The van der Waals surface area contributed by atoms with Crippen molar-refractivity contribution in [2.45, 2.75) is 25.8 Å². The Morgan fingerprint density at radius 3 is 2.78 bits per heavy atom. The Kier molecular flexibility index (Phi) is 3.96. The molecule has 0 bridgehead atoms. The molecule has 1 saturated carbocycles. The van der Waals surface area contributed by atoms with E-state index in [1.807, 2.05) is 5.38 Å². The van der Waals surface area contributed by atoms with Gasteiger partial charge in [-0.05, 0) is 19.3 Å². The van der Waals surface area contributed by atoms with Gasteiger partial charge in [-0.2, -0.15) is 0 Å². The molecule has 18 heavy (non-hydrogen) atoms. The highest BCUT2D eigenvalue weighted by Gasteiger charge is 2.35. The van der Waals surface area contributed by atoms with Crippen molar-refractivity contribution in [3.8, 4) is 0 Å². The minimum atomic E-state index is -0.785. The summed E-state index contributed by atoms with van der Waals surface area (Å²) in [4.78, 5) is 28.8. The lowest BCUT2D eigenvalue weighted by atomic mass is 10.0. The molecule has 5 nitrogen and oxygen atoms in total. The van der Waals surface area contributed by atoms with Crippen LogP contribution in [0.5, 0.6) is 0 Å². The Balaban J connectivity index is 1.90. The first-order valence-electron chi connectivity index (χ1n) is 5.92. The highest BCUT2D eigenvalue weighted by Crippen LogP contribution is 2.32. The van der Waals surface area contributed by atoms with Gasteiger partial charge in [0.1, 0.15) is 0 Å². The van der Waals surface area contributed by atoms with Crippen molar-refractivity contribution in [2.24, 2.45) is 11.8 Å². The molecule has 1 aromatic rings. The number of thiazole rings is 1. The van der Waals surface area contributed by atoms with Crippen molar-refractivity contribution in [1.82, 2.24) is 9.88 Å². The van der Waals surface area contributed by atoms with Crippen molar-refractivity contribution in [3.63, 3.8) is 0 Å². The highest BCUT2D eigenvalue weighted by atomic mass is 32.1.